The van der Waals surface area contributed by atoms with Crippen molar-refractivity contribution in [1.82, 2.24) is 0 Å². The van der Waals surface area contributed by atoms with E-state index < -0.39 is 14.9 Å². The molecule has 17 heavy (non-hydrogen) atoms. The summed E-state index contributed by atoms with van der Waals surface area (Å²) in [7, 11) is -3.54. The minimum atomic E-state index is -3.54. The summed E-state index contributed by atoms with van der Waals surface area (Å²) in [6, 6.07) is 5.41. The van der Waals surface area contributed by atoms with E-state index in [2.05, 4.69) is 0 Å². The number of nitro benzene ring substituents is 1. The van der Waals surface area contributed by atoms with E-state index in [-0.39, 0.29) is 17.4 Å². The Morgan fingerprint density at radius 1 is 1.29 bits per heavy atom. The second kappa shape index (κ2) is 4.70. The molecule has 0 radical (unpaired) electrons. The van der Waals surface area contributed by atoms with E-state index in [1.54, 1.807) is 19.9 Å². The molecule has 0 aliphatic rings. The molecule has 0 amide bonds. The molecule has 1 aromatic rings. The monoisotopic (exact) mass is 258 g/mol. The number of rotatable bonds is 4. The van der Waals surface area contributed by atoms with Crippen molar-refractivity contribution in [3.05, 3.63) is 34.4 Å². The standard InChI is InChI=1S/C10H14N2O4S/c1-8(2)11(17(3,15)16)9-6-4-5-7-10(9)12(13)14/h4-8H,1-3H3. The number of nitro groups is 1. The van der Waals surface area contributed by atoms with Gasteiger partial charge in [0, 0.05) is 12.1 Å². The first kappa shape index (κ1) is 13.4. The topological polar surface area (TPSA) is 80.5 Å². The fourth-order valence-electron chi connectivity index (χ4n) is 1.64. The third kappa shape index (κ3) is 2.94. The van der Waals surface area contributed by atoms with Gasteiger partial charge in [0.15, 0.2) is 0 Å². The van der Waals surface area contributed by atoms with Crippen LogP contribution in [0.2, 0.25) is 0 Å². The largest absolute Gasteiger partial charge is 0.293 e. The molecule has 0 bridgehead atoms. The van der Waals surface area contributed by atoms with Crippen molar-refractivity contribution < 1.29 is 13.3 Å². The van der Waals surface area contributed by atoms with Gasteiger partial charge in [0.05, 0.1) is 11.2 Å². The summed E-state index contributed by atoms with van der Waals surface area (Å²) in [5, 5.41) is 10.9. The first-order chi connectivity index (χ1) is 7.75. The van der Waals surface area contributed by atoms with E-state index in [9.17, 15) is 18.5 Å². The highest BCUT2D eigenvalue weighted by Crippen LogP contribution is 2.30. The second-order valence-electron chi connectivity index (χ2n) is 3.90. The Labute approximate surface area is 100 Å². The maximum Gasteiger partial charge on any atom is 0.293 e. The third-order valence-electron chi connectivity index (χ3n) is 2.14. The van der Waals surface area contributed by atoms with Crippen molar-refractivity contribution >= 4 is 21.4 Å². The van der Waals surface area contributed by atoms with Crippen molar-refractivity contribution in [1.29, 1.82) is 0 Å². The van der Waals surface area contributed by atoms with Gasteiger partial charge in [0.2, 0.25) is 10.0 Å². The smallest absolute Gasteiger partial charge is 0.261 e. The van der Waals surface area contributed by atoms with Crippen LogP contribution in [0.4, 0.5) is 11.4 Å². The molecule has 0 atom stereocenters. The van der Waals surface area contributed by atoms with Crippen LogP contribution >= 0.6 is 0 Å². The Hall–Kier alpha value is -1.63. The zero-order valence-corrected chi connectivity index (χ0v) is 10.6. The van der Waals surface area contributed by atoms with Crippen LogP contribution in [0.5, 0.6) is 0 Å². The fourth-order valence-corrected chi connectivity index (χ4v) is 2.92. The fraction of sp³-hybridized carbons (Fsp3) is 0.400. The average Bonchev–Trinajstić information content (AvgIpc) is 2.15. The lowest BCUT2D eigenvalue weighted by Gasteiger charge is -2.25. The van der Waals surface area contributed by atoms with Crippen molar-refractivity contribution in [2.24, 2.45) is 0 Å². The lowest BCUT2D eigenvalue weighted by Crippen LogP contribution is -2.36. The van der Waals surface area contributed by atoms with E-state index in [0.29, 0.717) is 0 Å². The predicted octanol–water partition coefficient (Wildman–Crippen LogP) is 1.77. The molecule has 1 aromatic carbocycles. The number of sulfonamides is 1. The summed E-state index contributed by atoms with van der Waals surface area (Å²) in [4.78, 5) is 10.3. The maximum atomic E-state index is 11.7. The van der Waals surface area contributed by atoms with Crippen molar-refractivity contribution in [2.75, 3.05) is 10.6 Å². The van der Waals surface area contributed by atoms with Crippen LogP contribution in [-0.4, -0.2) is 25.6 Å². The van der Waals surface area contributed by atoms with Crippen LogP contribution in [0.3, 0.4) is 0 Å². The summed E-state index contributed by atoms with van der Waals surface area (Å²) in [6.07, 6.45) is 1.03. The summed E-state index contributed by atoms with van der Waals surface area (Å²) >= 11 is 0. The molecular formula is C10H14N2O4S. The SMILES string of the molecule is CC(C)N(c1ccccc1[N+](=O)[O-])S(C)(=O)=O. The van der Waals surface area contributed by atoms with E-state index in [4.69, 9.17) is 0 Å². The molecule has 94 valence electrons. The number of para-hydroxylation sites is 2. The van der Waals surface area contributed by atoms with Gasteiger partial charge in [0.25, 0.3) is 5.69 Å². The first-order valence-corrected chi connectivity index (χ1v) is 6.83. The van der Waals surface area contributed by atoms with E-state index in [1.807, 2.05) is 0 Å². The third-order valence-corrected chi connectivity index (χ3v) is 3.48. The van der Waals surface area contributed by atoms with Crippen LogP contribution in [0.15, 0.2) is 24.3 Å². The van der Waals surface area contributed by atoms with Gasteiger partial charge in [-0.25, -0.2) is 8.42 Å². The number of hydrogen-bond acceptors (Lipinski definition) is 4. The number of hydrogen-bond donors (Lipinski definition) is 0. The van der Waals surface area contributed by atoms with Crippen LogP contribution in [0.25, 0.3) is 0 Å². The molecule has 7 heteroatoms. The first-order valence-electron chi connectivity index (χ1n) is 4.98. The normalized spacial score (nSPS) is 11.5. The molecule has 0 unspecified atom stereocenters. The van der Waals surface area contributed by atoms with Crippen molar-refractivity contribution in [3.8, 4) is 0 Å². The van der Waals surface area contributed by atoms with Crippen LogP contribution in [-0.2, 0) is 10.0 Å². The second-order valence-corrected chi connectivity index (χ2v) is 5.76. The molecule has 0 heterocycles. The van der Waals surface area contributed by atoms with Crippen molar-refractivity contribution in [2.45, 2.75) is 19.9 Å². The van der Waals surface area contributed by atoms with Crippen molar-refractivity contribution in [3.63, 3.8) is 0 Å². The Kier molecular flexibility index (Phi) is 3.72. The molecule has 0 fully saturated rings. The molecular weight excluding hydrogens is 244 g/mol. The highest BCUT2D eigenvalue weighted by atomic mass is 32.2. The van der Waals surface area contributed by atoms with Gasteiger partial charge >= 0.3 is 0 Å². The Morgan fingerprint density at radius 2 is 1.82 bits per heavy atom. The zero-order chi connectivity index (χ0) is 13.2. The van der Waals surface area contributed by atoms with Gasteiger partial charge in [0.1, 0.15) is 5.69 Å². The molecule has 0 N–H and O–H groups in total. The lowest BCUT2D eigenvalue weighted by molar-refractivity contribution is -0.384. The summed E-state index contributed by atoms with van der Waals surface area (Å²) in [5.41, 5.74) is -0.123. The summed E-state index contributed by atoms with van der Waals surface area (Å²) in [6.45, 7) is 3.33. The Morgan fingerprint density at radius 3 is 2.24 bits per heavy atom. The van der Waals surface area contributed by atoms with Gasteiger partial charge in [-0.15, -0.1) is 0 Å². The molecule has 0 saturated heterocycles. The van der Waals surface area contributed by atoms with Crippen LogP contribution < -0.4 is 4.31 Å². The maximum absolute atomic E-state index is 11.7. The van der Waals surface area contributed by atoms with E-state index in [1.165, 1.54) is 18.2 Å². The summed E-state index contributed by atoms with van der Waals surface area (Å²) < 4.78 is 24.3. The average molecular weight is 258 g/mol. The summed E-state index contributed by atoms with van der Waals surface area (Å²) in [5.74, 6) is 0. The Balaban J connectivity index is 3.44. The van der Waals surface area contributed by atoms with Gasteiger partial charge in [-0.05, 0) is 19.9 Å². The zero-order valence-electron chi connectivity index (χ0n) is 9.82. The molecule has 0 aromatic heterocycles. The van der Waals surface area contributed by atoms with Gasteiger partial charge in [-0.2, -0.15) is 0 Å². The van der Waals surface area contributed by atoms with Gasteiger partial charge in [-0.3, -0.25) is 14.4 Å². The molecule has 0 aliphatic carbocycles. The van der Waals surface area contributed by atoms with Gasteiger partial charge in [-0.1, -0.05) is 12.1 Å². The number of benzene rings is 1. The highest BCUT2D eigenvalue weighted by molar-refractivity contribution is 7.92. The molecule has 1 rings (SSSR count). The van der Waals surface area contributed by atoms with Crippen LogP contribution in [0.1, 0.15) is 13.8 Å². The lowest BCUT2D eigenvalue weighted by atomic mass is 10.2. The predicted molar refractivity (Wildman–Crippen MR) is 65.6 cm³/mol. The van der Waals surface area contributed by atoms with Crippen LogP contribution in [0, 0.1) is 10.1 Å². The molecule has 0 saturated carbocycles. The van der Waals surface area contributed by atoms with E-state index in [0.717, 1.165) is 10.6 Å². The minimum Gasteiger partial charge on any atom is -0.261 e. The molecule has 0 aliphatic heterocycles. The van der Waals surface area contributed by atoms with Gasteiger partial charge < -0.3 is 0 Å². The van der Waals surface area contributed by atoms with E-state index >= 15 is 0 Å². The molecule has 0 spiro atoms. The quantitative estimate of drug-likeness (QED) is 0.609. The Bertz CT molecular complexity index is 525. The number of nitrogens with zero attached hydrogens (tertiary/aromatic N) is 2. The molecule has 6 nitrogen and oxygen atoms in total. The minimum absolute atomic E-state index is 0.0926. The number of anilines is 1. The highest BCUT2D eigenvalue weighted by Gasteiger charge is 2.27.